The van der Waals surface area contributed by atoms with E-state index in [1.165, 1.54) is 0 Å². The Morgan fingerprint density at radius 3 is 2.71 bits per heavy atom. The molecule has 98 valence electrons. The van der Waals surface area contributed by atoms with Crippen molar-refractivity contribution in [3.05, 3.63) is 22.4 Å². The second kappa shape index (κ2) is 6.78. The van der Waals surface area contributed by atoms with Gasteiger partial charge in [-0.15, -0.1) is 0 Å². The molecule has 0 saturated heterocycles. The smallest absolute Gasteiger partial charge is 0.0922 e. The van der Waals surface area contributed by atoms with E-state index >= 15 is 0 Å². The van der Waals surface area contributed by atoms with Crippen LogP contribution >= 0.6 is 23.1 Å². The van der Waals surface area contributed by atoms with Crippen molar-refractivity contribution in [1.82, 2.24) is 5.32 Å². The fourth-order valence-corrected chi connectivity index (χ4v) is 2.90. The number of rotatable bonds is 6. The maximum atomic E-state index is 9.92. The van der Waals surface area contributed by atoms with Crippen LogP contribution in [0.3, 0.4) is 0 Å². The van der Waals surface area contributed by atoms with Crippen molar-refractivity contribution in [3.8, 4) is 0 Å². The first-order valence-electron chi connectivity index (χ1n) is 5.96. The van der Waals surface area contributed by atoms with Gasteiger partial charge in [0.15, 0.2) is 0 Å². The number of thioether (sulfide) groups is 1. The Hall–Kier alpha value is -0.0300. The van der Waals surface area contributed by atoms with Crippen LogP contribution in [0.1, 0.15) is 39.4 Å². The monoisotopic (exact) mass is 273 g/mol. The molecule has 0 bridgehead atoms. The minimum atomic E-state index is -0.386. The standard InChI is InChI=1S/C13H23NOS2/c1-10(8-17-13(2,3)4)14-7-12(15)11-5-6-16-9-11/h5-6,9-10,12,14-15H,7-8H2,1-4H3. The van der Waals surface area contributed by atoms with Gasteiger partial charge in [0, 0.05) is 23.1 Å². The average molecular weight is 273 g/mol. The lowest BCUT2D eigenvalue weighted by atomic mass is 10.2. The normalized spacial score (nSPS) is 15.8. The Balaban J connectivity index is 2.22. The van der Waals surface area contributed by atoms with Crippen molar-refractivity contribution >= 4 is 23.1 Å². The van der Waals surface area contributed by atoms with Crippen molar-refractivity contribution in [3.63, 3.8) is 0 Å². The predicted octanol–water partition coefficient (Wildman–Crippen LogP) is 3.29. The fourth-order valence-electron chi connectivity index (χ4n) is 1.33. The molecule has 1 heterocycles. The zero-order valence-corrected chi connectivity index (χ0v) is 12.7. The van der Waals surface area contributed by atoms with Crippen LogP contribution in [-0.4, -0.2) is 28.2 Å². The van der Waals surface area contributed by atoms with Gasteiger partial charge in [-0.3, -0.25) is 0 Å². The minimum Gasteiger partial charge on any atom is -0.387 e. The quantitative estimate of drug-likeness (QED) is 0.834. The van der Waals surface area contributed by atoms with Crippen molar-refractivity contribution in [2.24, 2.45) is 0 Å². The van der Waals surface area contributed by atoms with E-state index in [0.29, 0.717) is 17.3 Å². The van der Waals surface area contributed by atoms with E-state index in [-0.39, 0.29) is 6.10 Å². The average Bonchev–Trinajstić information content (AvgIpc) is 2.75. The molecule has 2 N–H and O–H groups in total. The van der Waals surface area contributed by atoms with Crippen LogP contribution in [0.5, 0.6) is 0 Å². The van der Waals surface area contributed by atoms with Gasteiger partial charge in [-0.1, -0.05) is 20.8 Å². The van der Waals surface area contributed by atoms with Gasteiger partial charge in [-0.25, -0.2) is 0 Å². The lowest BCUT2D eigenvalue weighted by Gasteiger charge is -2.22. The molecule has 0 spiro atoms. The second-order valence-corrected chi connectivity index (χ2v) is 7.93. The lowest BCUT2D eigenvalue weighted by molar-refractivity contribution is 0.172. The zero-order valence-electron chi connectivity index (χ0n) is 11.1. The first-order chi connectivity index (χ1) is 7.88. The Morgan fingerprint density at radius 2 is 2.18 bits per heavy atom. The molecule has 17 heavy (non-hydrogen) atoms. The zero-order chi connectivity index (χ0) is 12.9. The molecule has 1 aromatic heterocycles. The summed E-state index contributed by atoms with van der Waals surface area (Å²) in [7, 11) is 0. The Labute approximate surface area is 113 Å². The van der Waals surface area contributed by atoms with Crippen LogP contribution in [0, 0.1) is 0 Å². The van der Waals surface area contributed by atoms with E-state index in [1.54, 1.807) is 11.3 Å². The SMILES string of the molecule is CC(CSC(C)(C)C)NCC(O)c1ccsc1. The van der Waals surface area contributed by atoms with E-state index in [2.05, 4.69) is 33.0 Å². The summed E-state index contributed by atoms with van der Waals surface area (Å²) in [6, 6.07) is 2.40. The van der Waals surface area contributed by atoms with Crippen molar-refractivity contribution in [2.75, 3.05) is 12.3 Å². The molecule has 1 rings (SSSR count). The van der Waals surface area contributed by atoms with Gasteiger partial charge in [0.1, 0.15) is 0 Å². The molecule has 0 aliphatic carbocycles. The van der Waals surface area contributed by atoms with Crippen molar-refractivity contribution in [1.29, 1.82) is 0 Å². The highest BCUT2D eigenvalue weighted by molar-refractivity contribution is 8.00. The van der Waals surface area contributed by atoms with Gasteiger partial charge >= 0.3 is 0 Å². The number of hydrogen-bond acceptors (Lipinski definition) is 4. The number of hydrogen-bond donors (Lipinski definition) is 2. The van der Waals surface area contributed by atoms with E-state index in [9.17, 15) is 5.11 Å². The molecular weight excluding hydrogens is 250 g/mol. The summed E-state index contributed by atoms with van der Waals surface area (Å²) in [4.78, 5) is 0. The highest BCUT2D eigenvalue weighted by Gasteiger charge is 2.14. The summed E-state index contributed by atoms with van der Waals surface area (Å²) in [5.74, 6) is 1.07. The molecule has 4 heteroatoms. The molecule has 0 aromatic carbocycles. The topological polar surface area (TPSA) is 32.3 Å². The molecule has 0 aliphatic heterocycles. The molecule has 2 atom stereocenters. The van der Waals surface area contributed by atoms with Gasteiger partial charge in [0.25, 0.3) is 0 Å². The van der Waals surface area contributed by atoms with Crippen LogP contribution in [0.2, 0.25) is 0 Å². The summed E-state index contributed by atoms with van der Waals surface area (Å²) >= 11 is 3.57. The van der Waals surface area contributed by atoms with Gasteiger partial charge in [0.05, 0.1) is 6.10 Å². The summed E-state index contributed by atoms with van der Waals surface area (Å²) < 4.78 is 0.307. The van der Waals surface area contributed by atoms with Gasteiger partial charge in [-0.2, -0.15) is 23.1 Å². The number of aliphatic hydroxyl groups excluding tert-OH is 1. The molecule has 0 amide bonds. The van der Waals surface area contributed by atoms with E-state index in [4.69, 9.17) is 0 Å². The van der Waals surface area contributed by atoms with Gasteiger partial charge in [-0.05, 0) is 29.3 Å². The molecule has 2 nitrogen and oxygen atoms in total. The van der Waals surface area contributed by atoms with Gasteiger partial charge in [0.2, 0.25) is 0 Å². The van der Waals surface area contributed by atoms with Gasteiger partial charge < -0.3 is 10.4 Å². The lowest BCUT2D eigenvalue weighted by Crippen LogP contribution is -2.33. The van der Waals surface area contributed by atoms with Crippen LogP contribution < -0.4 is 5.32 Å². The summed E-state index contributed by atoms with van der Waals surface area (Å²) in [5.41, 5.74) is 1.01. The third-order valence-electron chi connectivity index (χ3n) is 2.35. The van der Waals surface area contributed by atoms with Crippen LogP contribution in [0.15, 0.2) is 16.8 Å². The molecule has 2 unspecified atom stereocenters. The third-order valence-corrected chi connectivity index (χ3v) is 4.59. The second-order valence-electron chi connectivity index (χ2n) is 5.31. The summed E-state index contributed by atoms with van der Waals surface area (Å²) in [6.45, 7) is 9.47. The highest BCUT2D eigenvalue weighted by Crippen LogP contribution is 2.23. The largest absolute Gasteiger partial charge is 0.387 e. The molecule has 0 aliphatic rings. The van der Waals surface area contributed by atoms with Crippen molar-refractivity contribution in [2.45, 2.75) is 44.6 Å². The summed E-state index contributed by atoms with van der Waals surface area (Å²) in [6.07, 6.45) is -0.386. The summed E-state index contributed by atoms with van der Waals surface area (Å²) in [5, 5.41) is 17.3. The molecule has 0 fully saturated rings. The van der Waals surface area contributed by atoms with Crippen LogP contribution in [0.25, 0.3) is 0 Å². The number of nitrogens with one attached hydrogen (secondary N) is 1. The Bertz CT molecular complexity index is 306. The highest BCUT2D eigenvalue weighted by atomic mass is 32.2. The van der Waals surface area contributed by atoms with Crippen LogP contribution in [0.4, 0.5) is 0 Å². The molecule has 0 radical (unpaired) electrons. The molecule has 1 aromatic rings. The fraction of sp³-hybridized carbons (Fsp3) is 0.692. The van der Waals surface area contributed by atoms with E-state index < -0.39 is 0 Å². The number of thiophene rings is 1. The van der Waals surface area contributed by atoms with Crippen molar-refractivity contribution < 1.29 is 5.11 Å². The van der Waals surface area contributed by atoms with E-state index in [1.807, 2.05) is 28.6 Å². The molecular formula is C13H23NOS2. The predicted molar refractivity (Wildman–Crippen MR) is 79.0 cm³/mol. The van der Waals surface area contributed by atoms with E-state index in [0.717, 1.165) is 11.3 Å². The third kappa shape index (κ3) is 6.46. The molecule has 0 saturated carbocycles. The number of aliphatic hydroxyl groups is 1. The first kappa shape index (κ1) is 15.0. The maximum absolute atomic E-state index is 9.92. The van der Waals surface area contributed by atoms with Crippen LogP contribution in [-0.2, 0) is 0 Å². The minimum absolute atomic E-state index is 0.307. The Kier molecular flexibility index (Phi) is 6.00. The first-order valence-corrected chi connectivity index (χ1v) is 7.89. The Morgan fingerprint density at radius 1 is 1.47 bits per heavy atom. The maximum Gasteiger partial charge on any atom is 0.0922 e.